The molecule has 0 unspecified atom stereocenters. The minimum Gasteiger partial charge on any atom is -0.507 e. The zero-order valence-electron chi connectivity index (χ0n) is 10.1. The van der Waals surface area contributed by atoms with Crippen LogP contribution in [0.5, 0.6) is 11.5 Å². The molecule has 0 saturated heterocycles. The summed E-state index contributed by atoms with van der Waals surface area (Å²) in [7, 11) is 0. The molecule has 0 radical (unpaired) electrons. The van der Waals surface area contributed by atoms with Gasteiger partial charge in [0.1, 0.15) is 22.9 Å². The number of benzene rings is 2. The molecule has 6 heteroatoms. The first-order chi connectivity index (χ1) is 9.66. The Hall–Kier alpha value is -2.89. The summed E-state index contributed by atoms with van der Waals surface area (Å²) >= 11 is 0. The molecule has 0 bridgehead atoms. The van der Waals surface area contributed by atoms with Crippen molar-refractivity contribution in [3.63, 3.8) is 0 Å². The fraction of sp³-hybridized carbons (Fsp3) is 0. The molecule has 0 fully saturated rings. The zero-order valence-corrected chi connectivity index (χ0v) is 10.1. The van der Waals surface area contributed by atoms with E-state index in [2.05, 4.69) is 10.1 Å². The molecule has 1 aromatic heterocycles. The molecule has 0 amide bonds. The summed E-state index contributed by atoms with van der Waals surface area (Å²) in [6.45, 7) is 0. The molecule has 20 heavy (non-hydrogen) atoms. The van der Waals surface area contributed by atoms with Crippen LogP contribution in [0.3, 0.4) is 0 Å². The van der Waals surface area contributed by atoms with E-state index in [1.54, 1.807) is 12.1 Å². The maximum absolute atomic E-state index is 13.6. The predicted octanol–water partition coefficient (Wildman–Crippen LogP) is 2.95. The van der Waals surface area contributed by atoms with Crippen LogP contribution in [-0.2, 0) is 0 Å². The fourth-order valence-electron chi connectivity index (χ4n) is 1.82. The highest BCUT2D eigenvalue weighted by Crippen LogP contribution is 2.36. The molecule has 2 N–H and O–H groups in total. The fourth-order valence-corrected chi connectivity index (χ4v) is 1.82. The van der Waals surface area contributed by atoms with Gasteiger partial charge in [0.15, 0.2) is 0 Å². The lowest BCUT2D eigenvalue weighted by Crippen LogP contribution is -1.86. The van der Waals surface area contributed by atoms with Crippen LogP contribution in [-0.4, -0.2) is 20.4 Å². The first-order valence-electron chi connectivity index (χ1n) is 5.77. The molecular formula is C14H9FN2O3. The lowest BCUT2D eigenvalue weighted by Gasteiger charge is -2.01. The van der Waals surface area contributed by atoms with Crippen LogP contribution in [0.15, 0.2) is 47.0 Å². The van der Waals surface area contributed by atoms with E-state index in [-0.39, 0.29) is 34.3 Å². The van der Waals surface area contributed by atoms with Crippen molar-refractivity contribution in [3.8, 4) is 34.3 Å². The van der Waals surface area contributed by atoms with Crippen molar-refractivity contribution in [3.05, 3.63) is 48.3 Å². The molecule has 100 valence electrons. The van der Waals surface area contributed by atoms with Gasteiger partial charge in [-0.1, -0.05) is 23.4 Å². The number of hydrogen-bond donors (Lipinski definition) is 2. The van der Waals surface area contributed by atoms with E-state index in [0.29, 0.717) is 0 Å². The first-order valence-corrected chi connectivity index (χ1v) is 5.77. The third-order valence-corrected chi connectivity index (χ3v) is 2.78. The molecular weight excluding hydrogens is 263 g/mol. The summed E-state index contributed by atoms with van der Waals surface area (Å²) in [4.78, 5) is 4.00. The van der Waals surface area contributed by atoms with Crippen LogP contribution in [0.1, 0.15) is 0 Å². The Morgan fingerprint density at radius 2 is 1.65 bits per heavy atom. The second kappa shape index (κ2) is 4.65. The van der Waals surface area contributed by atoms with Gasteiger partial charge < -0.3 is 14.7 Å². The van der Waals surface area contributed by atoms with E-state index in [0.717, 1.165) is 0 Å². The second-order valence-electron chi connectivity index (χ2n) is 4.07. The lowest BCUT2D eigenvalue weighted by atomic mass is 10.1. The third kappa shape index (κ3) is 1.97. The number of aromatic hydroxyl groups is 2. The van der Waals surface area contributed by atoms with Crippen molar-refractivity contribution in [1.29, 1.82) is 0 Å². The molecule has 5 nitrogen and oxygen atoms in total. The minimum absolute atomic E-state index is 0.0163. The summed E-state index contributed by atoms with van der Waals surface area (Å²) in [6, 6.07) is 10.2. The highest BCUT2D eigenvalue weighted by Gasteiger charge is 2.18. The van der Waals surface area contributed by atoms with E-state index in [1.807, 2.05) is 0 Å². The van der Waals surface area contributed by atoms with E-state index in [4.69, 9.17) is 4.52 Å². The van der Waals surface area contributed by atoms with E-state index in [9.17, 15) is 14.6 Å². The molecule has 0 aliphatic heterocycles. The van der Waals surface area contributed by atoms with Gasteiger partial charge in [0.05, 0.1) is 5.56 Å². The SMILES string of the molecule is Oc1cccc(O)c1-c1nc(-c2ccccc2F)no1. The van der Waals surface area contributed by atoms with Crippen molar-refractivity contribution < 1.29 is 19.1 Å². The maximum atomic E-state index is 13.6. The Morgan fingerprint density at radius 3 is 2.35 bits per heavy atom. The van der Waals surface area contributed by atoms with E-state index in [1.165, 1.54) is 30.3 Å². The number of halogens is 1. The molecule has 0 spiro atoms. The Labute approximate surface area is 112 Å². The Morgan fingerprint density at radius 1 is 0.950 bits per heavy atom. The van der Waals surface area contributed by atoms with Crippen molar-refractivity contribution in [2.75, 3.05) is 0 Å². The number of phenols is 2. The monoisotopic (exact) mass is 272 g/mol. The van der Waals surface area contributed by atoms with Gasteiger partial charge in [-0.25, -0.2) is 4.39 Å². The first kappa shape index (κ1) is 12.2. The Kier molecular flexibility index (Phi) is 2.83. The average Bonchev–Trinajstić information content (AvgIpc) is 2.88. The predicted molar refractivity (Wildman–Crippen MR) is 68.5 cm³/mol. The highest BCUT2D eigenvalue weighted by molar-refractivity contribution is 5.71. The van der Waals surface area contributed by atoms with Crippen LogP contribution in [0.25, 0.3) is 22.8 Å². The largest absolute Gasteiger partial charge is 0.507 e. The summed E-state index contributed by atoms with van der Waals surface area (Å²) in [5, 5.41) is 23.1. The standard InChI is InChI=1S/C14H9FN2O3/c15-9-5-2-1-4-8(9)13-16-14(20-17-13)12-10(18)6-3-7-11(12)19/h1-7,18-19H. The van der Waals surface area contributed by atoms with Crippen LogP contribution >= 0.6 is 0 Å². The molecule has 3 rings (SSSR count). The number of nitrogens with zero attached hydrogens (tertiary/aromatic N) is 2. The summed E-state index contributed by atoms with van der Waals surface area (Å²) < 4.78 is 18.6. The van der Waals surface area contributed by atoms with Crippen molar-refractivity contribution in [2.45, 2.75) is 0 Å². The van der Waals surface area contributed by atoms with E-state index >= 15 is 0 Å². The number of hydrogen-bond acceptors (Lipinski definition) is 5. The van der Waals surface area contributed by atoms with Gasteiger partial charge in [0.2, 0.25) is 5.82 Å². The van der Waals surface area contributed by atoms with Crippen LogP contribution in [0.4, 0.5) is 4.39 Å². The summed E-state index contributed by atoms with van der Waals surface area (Å²) in [5.74, 6) is -0.927. The van der Waals surface area contributed by atoms with Gasteiger partial charge in [-0.2, -0.15) is 4.98 Å². The normalized spacial score (nSPS) is 10.7. The van der Waals surface area contributed by atoms with E-state index < -0.39 is 5.82 Å². The average molecular weight is 272 g/mol. The number of phenolic OH excluding ortho intramolecular Hbond substituents is 2. The van der Waals surface area contributed by atoms with Gasteiger partial charge in [-0.05, 0) is 24.3 Å². The molecule has 0 atom stereocenters. The smallest absolute Gasteiger partial charge is 0.265 e. The van der Waals surface area contributed by atoms with Gasteiger partial charge in [-0.3, -0.25) is 0 Å². The minimum atomic E-state index is -0.485. The quantitative estimate of drug-likeness (QED) is 0.749. The van der Waals surface area contributed by atoms with Gasteiger partial charge >= 0.3 is 0 Å². The Balaban J connectivity index is 2.10. The summed E-state index contributed by atoms with van der Waals surface area (Å²) in [5.41, 5.74) is 0.194. The van der Waals surface area contributed by atoms with Gasteiger partial charge in [-0.15, -0.1) is 0 Å². The highest BCUT2D eigenvalue weighted by atomic mass is 19.1. The molecule has 0 aliphatic carbocycles. The maximum Gasteiger partial charge on any atom is 0.265 e. The van der Waals surface area contributed by atoms with Crippen molar-refractivity contribution in [2.24, 2.45) is 0 Å². The second-order valence-corrected chi connectivity index (χ2v) is 4.07. The number of aromatic nitrogens is 2. The Bertz CT molecular complexity index is 750. The molecule has 2 aromatic carbocycles. The third-order valence-electron chi connectivity index (χ3n) is 2.78. The topological polar surface area (TPSA) is 79.4 Å². The summed E-state index contributed by atoms with van der Waals surface area (Å²) in [6.07, 6.45) is 0. The number of rotatable bonds is 2. The van der Waals surface area contributed by atoms with Gasteiger partial charge in [0.25, 0.3) is 5.89 Å². The zero-order chi connectivity index (χ0) is 14.1. The molecule has 0 aliphatic rings. The van der Waals surface area contributed by atoms with Crippen molar-refractivity contribution >= 4 is 0 Å². The molecule has 3 aromatic rings. The van der Waals surface area contributed by atoms with Crippen LogP contribution in [0, 0.1) is 5.82 Å². The van der Waals surface area contributed by atoms with Gasteiger partial charge in [0, 0.05) is 0 Å². The molecule has 1 heterocycles. The van der Waals surface area contributed by atoms with Crippen LogP contribution in [0.2, 0.25) is 0 Å². The molecule has 0 saturated carbocycles. The van der Waals surface area contributed by atoms with Crippen molar-refractivity contribution in [1.82, 2.24) is 10.1 Å². The lowest BCUT2D eigenvalue weighted by molar-refractivity contribution is 0.415. The van der Waals surface area contributed by atoms with Crippen LogP contribution < -0.4 is 0 Å².